The van der Waals surface area contributed by atoms with Gasteiger partial charge < -0.3 is 5.11 Å². The van der Waals surface area contributed by atoms with Gasteiger partial charge in [0, 0.05) is 6.04 Å². The lowest BCUT2D eigenvalue weighted by Gasteiger charge is -2.34. The van der Waals surface area contributed by atoms with Gasteiger partial charge in [0.15, 0.2) is 0 Å². The topological polar surface area (TPSA) is 49.3 Å². The molecule has 2 rings (SSSR count). The molecule has 0 bridgehead atoms. The Hall–Kier alpha value is -0.570. The summed E-state index contributed by atoms with van der Waals surface area (Å²) in [4.78, 5) is 12.0. The first-order valence-corrected chi connectivity index (χ1v) is 9.17. The lowest BCUT2D eigenvalue weighted by atomic mass is 9.87. The first-order chi connectivity index (χ1) is 10.2. The largest absolute Gasteiger partial charge is 0.480 e. The van der Waals surface area contributed by atoms with Crippen LogP contribution in [-0.2, 0) is 4.79 Å². The Kier molecular flexibility index (Phi) is 6.53. The van der Waals surface area contributed by atoms with Crippen LogP contribution < -0.4 is 5.32 Å². The minimum Gasteiger partial charge on any atom is -0.480 e. The molecule has 2 atom stereocenters. The fourth-order valence-electron chi connectivity index (χ4n) is 4.34. The zero-order chi connectivity index (χ0) is 15.1. The van der Waals surface area contributed by atoms with E-state index in [2.05, 4.69) is 12.2 Å². The van der Waals surface area contributed by atoms with Crippen molar-refractivity contribution in [2.24, 2.45) is 5.92 Å². The molecule has 2 saturated carbocycles. The predicted molar refractivity (Wildman–Crippen MR) is 86.5 cm³/mol. The number of carboxylic acid groups (broad SMARTS) is 1. The Morgan fingerprint density at radius 2 is 1.76 bits per heavy atom. The highest BCUT2D eigenvalue weighted by Crippen LogP contribution is 2.34. The minimum absolute atomic E-state index is 0.423. The van der Waals surface area contributed by atoms with E-state index in [0.29, 0.717) is 6.04 Å². The number of aliphatic carboxylic acids is 1. The van der Waals surface area contributed by atoms with Gasteiger partial charge in [0.1, 0.15) is 5.54 Å². The quantitative estimate of drug-likeness (QED) is 0.734. The van der Waals surface area contributed by atoms with E-state index in [9.17, 15) is 9.90 Å². The first kappa shape index (κ1) is 16.8. The molecule has 0 saturated heterocycles. The molecule has 2 unspecified atom stereocenters. The van der Waals surface area contributed by atoms with Crippen LogP contribution in [0.3, 0.4) is 0 Å². The third kappa shape index (κ3) is 4.70. The van der Waals surface area contributed by atoms with Gasteiger partial charge in [0.25, 0.3) is 0 Å². The highest BCUT2D eigenvalue weighted by molar-refractivity contribution is 5.78. The Morgan fingerprint density at radius 1 is 1.05 bits per heavy atom. The van der Waals surface area contributed by atoms with Crippen LogP contribution in [0.4, 0.5) is 0 Å². The standard InChI is InChI=1S/C18H33NO2/c1-2-8-15-9-7-13-18(14-12-15,17(20)21)19-16-10-5-3-4-6-11-16/h15-16,19H,2-14H2,1H3,(H,20,21). The summed E-state index contributed by atoms with van der Waals surface area (Å²) >= 11 is 0. The average Bonchev–Trinajstić information content (AvgIpc) is 2.82. The lowest BCUT2D eigenvalue weighted by molar-refractivity contribution is -0.146. The number of rotatable bonds is 5. The van der Waals surface area contributed by atoms with E-state index in [4.69, 9.17) is 0 Å². The summed E-state index contributed by atoms with van der Waals surface area (Å²) < 4.78 is 0. The SMILES string of the molecule is CCCC1CCCC(NC2CCCCCC2)(C(=O)O)CC1. The van der Waals surface area contributed by atoms with Crippen LogP contribution in [0.5, 0.6) is 0 Å². The number of nitrogens with one attached hydrogen (secondary N) is 1. The molecule has 0 aromatic rings. The van der Waals surface area contributed by atoms with E-state index < -0.39 is 11.5 Å². The van der Waals surface area contributed by atoms with E-state index >= 15 is 0 Å². The van der Waals surface area contributed by atoms with Crippen molar-refractivity contribution in [1.29, 1.82) is 0 Å². The molecule has 2 aliphatic rings. The monoisotopic (exact) mass is 295 g/mol. The highest BCUT2D eigenvalue weighted by Gasteiger charge is 2.41. The summed E-state index contributed by atoms with van der Waals surface area (Å²) in [5.41, 5.74) is -0.641. The molecule has 0 amide bonds. The third-order valence-electron chi connectivity index (χ3n) is 5.64. The van der Waals surface area contributed by atoms with Crippen LogP contribution in [0.25, 0.3) is 0 Å². The Bertz CT molecular complexity index is 323. The first-order valence-electron chi connectivity index (χ1n) is 9.17. The molecular weight excluding hydrogens is 262 g/mol. The van der Waals surface area contributed by atoms with Gasteiger partial charge in [-0.15, -0.1) is 0 Å². The lowest BCUT2D eigenvalue weighted by Crippen LogP contribution is -2.55. The molecule has 0 spiro atoms. The van der Waals surface area contributed by atoms with Crippen LogP contribution in [0, 0.1) is 5.92 Å². The number of carboxylic acids is 1. The normalized spacial score (nSPS) is 32.3. The molecule has 2 aliphatic carbocycles. The maximum absolute atomic E-state index is 12.0. The van der Waals surface area contributed by atoms with Gasteiger partial charge in [-0.2, -0.15) is 0 Å². The number of carbonyl (C=O) groups is 1. The molecule has 3 heteroatoms. The molecule has 21 heavy (non-hydrogen) atoms. The van der Waals surface area contributed by atoms with Crippen LogP contribution in [-0.4, -0.2) is 22.7 Å². The van der Waals surface area contributed by atoms with Crippen molar-refractivity contribution in [3.63, 3.8) is 0 Å². The Labute approximate surface area is 129 Å². The Morgan fingerprint density at radius 3 is 2.38 bits per heavy atom. The minimum atomic E-state index is -0.641. The van der Waals surface area contributed by atoms with E-state index in [0.717, 1.165) is 44.4 Å². The van der Waals surface area contributed by atoms with E-state index in [1.54, 1.807) is 0 Å². The maximum Gasteiger partial charge on any atom is 0.323 e. The fraction of sp³-hybridized carbons (Fsp3) is 0.944. The maximum atomic E-state index is 12.0. The van der Waals surface area contributed by atoms with Crippen molar-refractivity contribution in [1.82, 2.24) is 5.32 Å². The second-order valence-electron chi connectivity index (χ2n) is 7.31. The van der Waals surface area contributed by atoms with E-state index in [1.165, 1.54) is 44.9 Å². The van der Waals surface area contributed by atoms with Gasteiger partial charge in [-0.1, -0.05) is 58.3 Å². The summed E-state index contributed by atoms with van der Waals surface area (Å²) in [7, 11) is 0. The number of hydrogen-bond acceptors (Lipinski definition) is 2. The Balaban J connectivity index is 2.00. The van der Waals surface area contributed by atoms with Crippen LogP contribution >= 0.6 is 0 Å². The van der Waals surface area contributed by atoms with Crippen LogP contribution in [0.1, 0.15) is 90.4 Å². The van der Waals surface area contributed by atoms with E-state index in [-0.39, 0.29) is 0 Å². The van der Waals surface area contributed by atoms with Gasteiger partial charge in [-0.25, -0.2) is 0 Å². The molecule has 0 radical (unpaired) electrons. The van der Waals surface area contributed by atoms with Crippen molar-refractivity contribution in [2.75, 3.05) is 0 Å². The molecule has 0 aromatic carbocycles. The van der Waals surface area contributed by atoms with Crippen LogP contribution in [0.2, 0.25) is 0 Å². The molecular formula is C18H33NO2. The van der Waals surface area contributed by atoms with Gasteiger partial charge in [-0.3, -0.25) is 10.1 Å². The van der Waals surface area contributed by atoms with Crippen LogP contribution in [0.15, 0.2) is 0 Å². The molecule has 3 nitrogen and oxygen atoms in total. The zero-order valence-corrected chi connectivity index (χ0v) is 13.7. The van der Waals surface area contributed by atoms with Crippen molar-refractivity contribution >= 4 is 5.97 Å². The molecule has 0 aromatic heterocycles. The van der Waals surface area contributed by atoms with Crippen molar-refractivity contribution in [3.8, 4) is 0 Å². The molecule has 2 N–H and O–H groups in total. The van der Waals surface area contributed by atoms with Crippen molar-refractivity contribution in [3.05, 3.63) is 0 Å². The smallest absolute Gasteiger partial charge is 0.323 e. The van der Waals surface area contributed by atoms with Gasteiger partial charge in [0.2, 0.25) is 0 Å². The average molecular weight is 295 g/mol. The molecule has 0 heterocycles. The van der Waals surface area contributed by atoms with Crippen molar-refractivity contribution in [2.45, 2.75) is 102 Å². The van der Waals surface area contributed by atoms with Gasteiger partial charge in [0.05, 0.1) is 0 Å². The third-order valence-corrected chi connectivity index (χ3v) is 5.64. The predicted octanol–water partition coefficient (Wildman–Crippen LogP) is 4.50. The van der Waals surface area contributed by atoms with E-state index in [1.807, 2.05) is 0 Å². The molecule has 122 valence electrons. The summed E-state index contributed by atoms with van der Waals surface area (Å²) in [6, 6.07) is 0.423. The van der Waals surface area contributed by atoms with Crippen molar-refractivity contribution < 1.29 is 9.90 Å². The second-order valence-corrected chi connectivity index (χ2v) is 7.31. The summed E-state index contributed by atoms with van der Waals surface area (Å²) in [5.74, 6) is 0.135. The fourth-order valence-corrected chi connectivity index (χ4v) is 4.34. The summed E-state index contributed by atoms with van der Waals surface area (Å²) in [5, 5.41) is 13.5. The van der Waals surface area contributed by atoms with Gasteiger partial charge >= 0.3 is 5.97 Å². The summed E-state index contributed by atoms with van der Waals surface area (Å²) in [6.07, 6.45) is 15.0. The highest BCUT2D eigenvalue weighted by atomic mass is 16.4. The molecule has 0 aliphatic heterocycles. The zero-order valence-electron chi connectivity index (χ0n) is 13.7. The summed E-state index contributed by atoms with van der Waals surface area (Å²) in [6.45, 7) is 2.24. The number of hydrogen-bond donors (Lipinski definition) is 2. The van der Waals surface area contributed by atoms with Gasteiger partial charge in [-0.05, 0) is 38.0 Å². The molecule has 2 fully saturated rings. The second kappa shape index (κ2) is 8.17.